The van der Waals surface area contributed by atoms with E-state index in [-0.39, 0.29) is 41.1 Å². The third-order valence-electron chi connectivity index (χ3n) is 15.7. The van der Waals surface area contributed by atoms with Gasteiger partial charge in [0.2, 0.25) is 0 Å². The zero-order chi connectivity index (χ0) is 35.1. The third kappa shape index (κ3) is 5.03. The van der Waals surface area contributed by atoms with Crippen molar-refractivity contribution in [1.82, 2.24) is 5.32 Å². The molecule has 1 saturated heterocycles. The zero-order valence-corrected chi connectivity index (χ0v) is 31.2. The van der Waals surface area contributed by atoms with Crippen LogP contribution in [0.2, 0.25) is 0 Å². The quantitative estimate of drug-likeness (QED) is 0.264. The average molecular weight is 658 g/mol. The Morgan fingerprint density at radius 2 is 1.74 bits per heavy atom. The van der Waals surface area contributed by atoms with Crippen LogP contribution >= 0.6 is 0 Å². The van der Waals surface area contributed by atoms with Crippen LogP contribution in [-0.2, 0) is 28.6 Å². The van der Waals surface area contributed by atoms with Crippen LogP contribution in [-0.4, -0.2) is 67.4 Å². The number of hydrogen-bond acceptors (Lipinski definition) is 7. The van der Waals surface area contributed by atoms with Crippen LogP contribution in [0, 0.1) is 62.6 Å². The number of hydrogen-bond donors (Lipinski definition) is 2. The molecule has 3 saturated carbocycles. The number of carboxylic acids is 1. The largest absolute Gasteiger partial charge is 0.481 e. The van der Waals surface area contributed by atoms with Crippen molar-refractivity contribution in [3.63, 3.8) is 0 Å². The van der Waals surface area contributed by atoms with Gasteiger partial charge in [0.25, 0.3) is 0 Å². The maximum Gasteiger partial charge on any atom is 0.308 e. The number of carboxylic acid groups (broad SMARTS) is 1. The molecule has 0 spiro atoms. The lowest BCUT2D eigenvalue weighted by atomic mass is 9.34. The molecule has 0 amide bonds. The van der Waals surface area contributed by atoms with Crippen LogP contribution in [0.3, 0.4) is 0 Å². The van der Waals surface area contributed by atoms with E-state index in [0.717, 1.165) is 31.3 Å². The van der Waals surface area contributed by atoms with Crippen molar-refractivity contribution in [2.45, 2.75) is 126 Å². The summed E-state index contributed by atoms with van der Waals surface area (Å²) in [6, 6.07) is 0. The molecule has 12 atom stereocenters. The smallest absolute Gasteiger partial charge is 0.308 e. The summed E-state index contributed by atoms with van der Waals surface area (Å²) in [5.41, 5.74) is -2.19. The van der Waals surface area contributed by atoms with Crippen molar-refractivity contribution < 1.29 is 33.7 Å². The van der Waals surface area contributed by atoms with Crippen LogP contribution in [0.15, 0.2) is 11.6 Å². The van der Waals surface area contributed by atoms with E-state index in [1.807, 2.05) is 20.0 Å². The molecule has 47 heavy (non-hydrogen) atoms. The van der Waals surface area contributed by atoms with Gasteiger partial charge in [0.1, 0.15) is 12.2 Å². The van der Waals surface area contributed by atoms with E-state index < -0.39 is 45.1 Å². The average Bonchev–Trinajstić information content (AvgIpc) is 2.97. The normalized spacial score (nSPS) is 44.9. The summed E-state index contributed by atoms with van der Waals surface area (Å²) in [4.78, 5) is 40.9. The van der Waals surface area contributed by atoms with Crippen LogP contribution in [0.1, 0.15) is 108 Å². The number of aliphatic carboxylic acids is 1. The van der Waals surface area contributed by atoms with Gasteiger partial charge >= 0.3 is 11.9 Å². The van der Waals surface area contributed by atoms with Gasteiger partial charge in [-0.05, 0) is 92.6 Å². The SMILES string of the molecule is CN[C@@](C)(CO[C@H]1[C@H](OC(C)=O)C[C@@]23COC[C@@]1(C)[C@@H]2CC[C@H]1C3=CC(=O)[C@@]2(C)[C@H](C(=O)O)[C@@](C)([C@H](C)C(C)C)CC[C@]12C)C(C)C. The number of allylic oxidation sites excluding steroid dienone is 1. The standard InChI is InChI=1S/C39H63NO7/c1-22(2)24(5)34(7)15-16-36(9)26-13-14-29-35(8)19-45-21-39(29,27(26)17-30(42)38(36,11)31(34)33(43)44)18-28(47-25(6)41)32(35)46-20-37(10,40-12)23(3)4/h17,22-24,26,28-29,31-32,40H,13-16,18-21H2,1-12H3,(H,43,44)/t24-,26+,28-,29+,31-,32+,34-,35+,36-,37+,38+,39+/m1/s1. The van der Waals surface area contributed by atoms with E-state index in [9.17, 15) is 19.5 Å². The highest BCUT2D eigenvalue weighted by molar-refractivity contribution is 6.00. The Morgan fingerprint density at radius 1 is 1.09 bits per heavy atom. The molecule has 0 aromatic heterocycles. The first-order valence-electron chi connectivity index (χ1n) is 18.2. The predicted molar refractivity (Wildman–Crippen MR) is 182 cm³/mol. The number of esters is 1. The Bertz CT molecular complexity index is 1310. The highest BCUT2D eigenvalue weighted by Gasteiger charge is 2.74. The molecule has 0 unspecified atom stereocenters. The first-order chi connectivity index (χ1) is 21.7. The lowest BCUT2D eigenvalue weighted by molar-refractivity contribution is -0.268. The van der Waals surface area contributed by atoms with E-state index in [2.05, 4.69) is 67.6 Å². The number of nitrogens with one attached hydrogen (secondary N) is 1. The van der Waals surface area contributed by atoms with Gasteiger partial charge in [0.15, 0.2) is 5.78 Å². The molecule has 2 N–H and O–H groups in total. The fourth-order valence-electron chi connectivity index (χ4n) is 11.8. The molecule has 8 heteroatoms. The summed E-state index contributed by atoms with van der Waals surface area (Å²) in [7, 11) is 1.96. The molecule has 2 bridgehead atoms. The Kier molecular flexibility index (Phi) is 9.27. The fourth-order valence-corrected chi connectivity index (χ4v) is 11.8. The van der Waals surface area contributed by atoms with Gasteiger partial charge in [-0.15, -0.1) is 0 Å². The molecule has 5 rings (SSSR count). The van der Waals surface area contributed by atoms with Crippen LogP contribution in [0.4, 0.5) is 0 Å². The molecule has 8 nitrogen and oxygen atoms in total. The van der Waals surface area contributed by atoms with Crippen LogP contribution in [0.5, 0.6) is 0 Å². The number of carbonyl (C=O) groups excluding carboxylic acids is 2. The van der Waals surface area contributed by atoms with Crippen molar-refractivity contribution in [2.24, 2.45) is 62.6 Å². The molecule has 1 heterocycles. The summed E-state index contributed by atoms with van der Waals surface area (Å²) in [5.74, 6) is -1.08. The molecule has 0 radical (unpaired) electrons. The maximum atomic E-state index is 14.9. The van der Waals surface area contributed by atoms with E-state index in [1.54, 1.807) is 0 Å². The number of rotatable bonds is 9. The van der Waals surface area contributed by atoms with Crippen molar-refractivity contribution in [3.8, 4) is 0 Å². The van der Waals surface area contributed by atoms with Gasteiger partial charge in [-0.2, -0.15) is 0 Å². The van der Waals surface area contributed by atoms with E-state index in [4.69, 9.17) is 14.2 Å². The van der Waals surface area contributed by atoms with Crippen molar-refractivity contribution in [2.75, 3.05) is 26.9 Å². The summed E-state index contributed by atoms with van der Waals surface area (Å²) in [6.07, 6.45) is 4.92. The summed E-state index contributed by atoms with van der Waals surface area (Å²) >= 11 is 0. The number of fused-ring (bicyclic) bond motifs is 3. The molecule has 4 aliphatic carbocycles. The third-order valence-corrected chi connectivity index (χ3v) is 15.7. The lowest BCUT2D eigenvalue weighted by Crippen LogP contribution is -2.71. The highest BCUT2D eigenvalue weighted by atomic mass is 16.6. The van der Waals surface area contributed by atoms with Gasteiger partial charge in [-0.1, -0.05) is 67.9 Å². The van der Waals surface area contributed by atoms with Gasteiger partial charge in [-0.3, -0.25) is 14.4 Å². The highest BCUT2D eigenvalue weighted by Crippen LogP contribution is 2.74. The second-order valence-corrected chi connectivity index (χ2v) is 18.1. The second kappa shape index (κ2) is 11.9. The van der Waals surface area contributed by atoms with Crippen molar-refractivity contribution in [1.29, 1.82) is 0 Å². The van der Waals surface area contributed by atoms with E-state index in [0.29, 0.717) is 38.1 Å². The van der Waals surface area contributed by atoms with Crippen LogP contribution in [0.25, 0.3) is 0 Å². The molecule has 0 aromatic carbocycles. The number of ketones is 1. The molecule has 5 aliphatic rings. The lowest BCUT2D eigenvalue weighted by Gasteiger charge is -2.70. The first-order valence-corrected chi connectivity index (χ1v) is 18.2. The minimum absolute atomic E-state index is 0.0390. The van der Waals surface area contributed by atoms with Gasteiger partial charge < -0.3 is 24.6 Å². The molecular formula is C39H63NO7. The molecule has 4 fully saturated rings. The van der Waals surface area contributed by atoms with E-state index >= 15 is 0 Å². The summed E-state index contributed by atoms with van der Waals surface area (Å²) in [6.45, 7) is 24.4. The fraction of sp³-hybridized carbons (Fsp3) is 0.872. The van der Waals surface area contributed by atoms with E-state index in [1.165, 1.54) is 6.92 Å². The molecular weight excluding hydrogens is 594 g/mol. The second-order valence-electron chi connectivity index (χ2n) is 18.1. The van der Waals surface area contributed by atoms with Crippen molar-refractivity contribution >= 4 is 17.7 Å². The Hall–Kier alpha value is -1.77. The maximum absolute atomic E-state index is 14.9. The molecule has 0 aromatic rings. The number of carbonyl (C=O) groups is 3. The van der Waals surface area contributed by atoms with Gasteiger partial charge in [0.05, 0.1) is 25.7 Å². The monoisotopic (exact) mass is 657 g/mol. The minimum Gasteiger partial charge on any atom is -0.481 e. The number of likely N-dealkylation sites (N-methyl/N-ethyl adjacent to an activating group) is 1. The molecule has 266 valence electrons. The number of ether oxygens (including phenoxy) is 3. The van der Waals surface area contributed by atoms with Gasteiger partial charge in [0, 0.05) is 28.7 Å². The van der Waals surface area contributed by atoms with Crippen LogP contribution < -0.4 is 5.32 Å². The minimum atomic E-state index is -1.05. The Morgan fingerprint density at radius 3 is 2.30 bits per heavy atom. The summed E-state index contributed by atoms with van der Waals surface area (Å²) in [5, 5.41) is 14.4. The molecule has 1 aliphatic heterocycles. The summed E-state index contributed by atoms with van der Waals surface area (Å²) < 4.78 is 19.6. The zero-order valence-electron chi connectivity index (χ0n) is 31.2. The first kappa shape index (κ1) is 36.5. The van der Waals surface area contributed by atoms with Gasteiger partial charge in [-0.25, -0.2) is 0 Å². The topological polar surface area (TPSA) is 111 Å². The predicted octanol–water partition coefficient (Wildman–Crippen LogP) is 6.70. The Labute approximate surface area is 283 Å². The Balaban J connectivity index is 1.61. The van der Waals surface area contributed by atoms with Crippen molar-refractivity contribution in [3.05, 3.63) is 11.6 Å².